The third-order valence-corrected chi connectivity index (χ3v) is 3.99. The van der Waals surface area contributed by atoms with E-state index in [0.29, 0.717) is 19.4 Å². The minimum absolute atomic E-state index is 0.00967. The van der Waals surface area contributed by atoms with Crippen LogP contribution in [0.5, 0.6) is 0 Å². The molecule has 1 saturated heterocycles. The first-order chi connectivity index (χ1) is 7.44. The monoisotopic (exact) mass is 248 g/mol. The Morgan fingerprint density at radius 2 is 2.12 bits per heavy atom. The summed E-state index contributed by atoms with van der Waals surface area (Å²) in [6.45, 7) is 2.66. The zero-order chi connectivity index (χ0) is 12.2. The van der Waals surface area contributed by atoms with Crippen LogP contribution in [0.4, 0.5) is 0 Å². The summed E-state index contributed by atoms with van der Waals surface area (Å²) in [6, 6.07) is 0. The first-order valence-electron chi connectivity index (χ1n) is 5.76. The molecule has 5 heteroatoms. The van der Waals surface area contributed by atoms with E-state index in [0.717, 1.165) is 12.8 Å². The van der Waals surface area contributed by atoms with Crippen molar-refractivity contribution in [1.29, 1.82) is 0 Å². The van der Waals surface area contributed by atoms with Gasteiger partial charge in [-0.2, -0.15) is 0 Å². The van der Waals surface area contributed by atoms with Gasteiger partial charge in [-0.25, -0.2) is 8.42 Å². The number of ketones is 1. The van der Waals surface area contributed by atoms with Crippen molar-refractivity contribution in [3.05, 3.63) is 0 Å². The van der Waals surface area contributed by atoms with Gasteiger partial charge in [-0.05, 0) is 19.3 Å². The van der Waals surface area contributed by atoms with E-state index in [1.807, 2.05) is 6.92 Å². The first kappa shape index (κ1) is 13.6. The quantitative estimate of drug-likeness (QED) is 0.708. The molecule has 1 rings (SSSR count). The topological polar surface area (TPSA) is 60.4 Å². The van der Waals surface area contributed by atoms with Crippen LogP contribution in [0.15, 0.2) is 0 Å². The van der Waals surface area contributed by atoms with Gasteiger partial charge in [0, 0.05) is 25.2 Å². The highest BCUT2D eigenvalue weighted by Gasteiger charge is 2.31. The molecule has 1 fully saturated rings. The Kier molecular flexibility index (Phi) is 4.92. The summed E-state index contributed by atoms with van der Waals surface area (Å²) in [5.41, 5.74) is 0. The molecule has 0 N–H and O–H groups in total. The molecule has 1 heterocycles. The van der Waals surface area contributed by atoms with E-state index in [2.05, 4.69) is 0 Å². The average molecular weight is 248 g/mol. The van der Waals surface area contributed by atoms with E-state index < -0.39 is 9.84 Å². The van der Waals surface area contributed by atoms with Crippen LogP contribution in [0.2, 0.25) is 0 Å². The van der Waals surface area contributed by atoms with Crippen molar-refractivity contribution in [2.24, 2.45) is 5.92 Å². The highest BCUT2D eigenvalue weighted by atomic mass is 32.2. The number of hydrogen-bond donors (Lipinski definition) is 0. The summed E-state index contributed by atoms with van der Waals surface area (Å²) in [5.74, 6) is 0.251. The highest BCUT2D eigenvalue weighted by molar-refractivity contribution is 7.90. The lowest BCUT2D eigenvalue weighted by atomic mass is 9.92. The Morgan fingerprint density at radius 1 is 1.44 bits per heavy atom. The largest absolute Gasteiger partial charge is 0.377 e. The van der Waals surface area contributed by atoms with E-state index in [4.69, 9.17) is 4.74 Å². The van der Waals surface area contributed by atoms with Crippen LogP contribution in [-0.2, 0) is 19.4 Å². The van der Waals surface area contributed by atoms with Crippen LogP contribution in [-0.4, -0.2) is 38.9 Å². The van der Waals surface area contributed by atoms with Crippen LogP contribution in [0.25, 0.3) is 0 Å². The predicted molar refractivity (Wildman–Crippen MR) is 62.1 cm³/mol. The second-order valence-corrected chi connectivity index (χ2v) is 6.67. The molecule has 0 bridgehead atoms. The van der Waals surface area contributed by atoms with Gasteiger partial charge in [0.25, 0.3) is 0 Å². The zero-order valence-electron chi connectivity index (χ0n) is 9.94. The van der Waals surface area contributed by atoms with Crippen LogP contribution < -0.4 is 0 Å². The van der Waals surface area contributed by atoms with E-state index in [-0.39, 0.29) is 23.6 Å². The Labute approximate surface area is 97.3 Å². The lowest BCUT2D eigenvalue weighted by Crippen LogP contribution is -2.24. The second-order valence-electron chi connectivity index (χ2n) is 4.41. The number of rotatable bonds is 6. The minimum atomic E-state index is -2.95. The molecular weight excluding hydrogens is 228 g/mol. The van der Waals surface area contributed by atoms with E-state index in [1.165, 1.54) is 6.26 Å². The molecule has 2 unspecified atom stereocenters. The van der Waals surface area contributed by atoms with Crippen molar-refractivity contribution in [2.45, 2.75) is 38.7 Å². The van der Waals surface area contributed by atoms with Crippen LogP contribution >= 0.6 is 0 Å². The lowest BCUT2D eigenvalue weighted by molar-refractivity contribution is -0.124. The molecule has 0 radical (unpaired) electrons. The Hall–Kier alpha value is -0.420. The van der Waals surface area contributed by atoms with Crippen molar-refractivity contribution >= 4 is 15.6 Å². The molecule has 0 aromatic heterocycles. The summed E-state index contributed by atoms with van der Waals surface area (Å²) in [5, 5.41) is 0. The van der Waals surface area contributed by atoms with Gasteiger partial charge in [0.1, 0.15) is 15.6 Å². The molecule has 16 heavy (non-hydrogen) atoms. The van der Waals surface area contributed by atoms with E-state index in [1.54, 1.807) is 0 Å². The molecule has 0 saturated carbocycles. The lowest BCUT2D eigenvalue weighted by Gasteiger charge is -2.15. The molecule has 1 aliphatic heterocycles. The van der Waals surface area contributed by atoms with Gasteiger partial charge in [0.05, 0.1) is 11.9 Å². The number of hydrogen-bond acceptors (Lipinski definition) is 4. The zero-order valence-corrected chi connectivity index (χ0v) is 10.8. The molecule has 4 nitrogen and oxygen atoms in total. The molecule has 1 aliphatic rings. The molecular formula is C11H20O4S. The van der Waals surface area contributed by atoms with Gasteiger partial charge < -0.3 is 4.74 Å². The number of carbonyl (C=O) groups excluding carboxylic acids is 1. The smallest absolute Gasteiger partial charge is 0.147 e. The number of carbonyl (C=O) groups is 1. The van der Waals surface area contributed by atoms with E-state index >= 15 is 0 Å². The summed E-state index contributed by atoms with van der Waals surface area (Å²) in [6.07, 6.45) is 3.68. The maximum atomic E-state index is 11.8. The Balaban J connectivity index is 2.35. The van der Waals surface area contributed by atoms with Gasteiger partial charge in [0.15, 0.2) is 0 Å². The first-order valence-corrected chi connectivity index (χ1v) is 7.82. The van der Waals surface area contributed by atoms with Gasteiger partial charge >= 0.3 is 0 Å². The summed E-state index contributed by atoms with van der Waals surface area (Å²) < 4.78 is 27.3. The highest BCUT2D eigenvalue weighted by Crippen LogP contribution is 2.25. The maximum absolute atomic E-state index is 11.8. The van der Waals surface area contributed by atoms with Crippen molar-refractivity contribution in [1.82, 2.24) is 0 Å². The third kappa shape index (κ3) is 4.22. The molecule has 2 atom stereocenters. The number of ether oxygens (including phenoxy) is 1. The molecule has 0 aromatic rings. The van der Waals surface area contributed by atoms with Crippen LogP contribution in [0, 0.1) is 5.92 Å². The predicted octanol–water partition coefficient (Wildman–Crippen LogP) is 1.20. The van der Waals surface area contributed by atoms with Crippen molar-refractivity contribution in [2.75, 3.05) is 18.6 Å². The summed E-state index contributed by atoms with van der Waals surface area (Å²) >= 11 is 0. The second kappa shape index (κ2) is 5.77. The van der Waals surface area contributed by atoms with Gasteiger partial charge in [-0.1, -0.05) is 6.92 Å². The standard InChI is InChI=1S/C11H20O4S/c1-3-11-9(6-7-15-11)10(12)5-4-8-16(2,13)14/h9,11H,3-8H2,1-2H3. The molecule has 0 spiro atoms. The molecule has 0 aliphatic carbocycles. The minimum Gasteiger partial charge on any atom is -0.377 e. The maximum Gasteiger partial charge on any atom is 0.147 e. The Morgan fingerprint density at radius 3 is 2.69 bits per heavy atom. The van der Waals surface area contributed by atoms with Crippen molar-refractivity contribution in [3.8, 4) is 0 Å². The fraction of sp³-hybridized carbons (Fsp3) is 0.909. The van der Waals surface area contributed by atoms with Crippen molar-refractivity contribution < 1.29 is 17.9 Å². The normalized spacial score (nSPS) is 25.9. The van der Waals surface area contributed by atoms with Gasteiger partial charge in [-0.3, -0.25) is 4.79 Å². The van der Waals surface area contributed by atoms with E-state index in [9.17, 15) is 13.2 Å². The summed E-state index contributed by atoms with van der Waals surface area (Å²) in [4.78, 5) is 11.8. The fourth-order valence-corrected chi connectivity index (χ4v) is 2.78. The van der Waals surface area contributed by atoms with Crippen LogP contribution in [0.3, 0.4) is 0 Å². The van der Waals surface area contributed by atoms with Crippen molar-refractivity contribution in [3.63, 3.8) is 0 Å². The van der Waals surface area contributed by atoms with Gasteiger partial charge in [-0.15, -0.1) is 0 Å². The molecule has 0 amide bonds. The fourth-order valence-electron chi connectivity index (χ4n) is 2.11. The number of sulfone groups is 1. The third-order valence-electron chi connectivity index (χ3n) is 2.96. The average Bonchev–Trinajstić information content (AvgIpc) is 2.63. The SMILES string of the molecule is CCC1OCCC1C(=O)CCCS(C)(=O)=O. The molecule has 94 valence electrons. The number of Topliss-reactive ketones (excluding diaryl/α,β-unsaturated/α-hetero) is 1. The van der Waals surface area contributed by atoms with Gasteiger partial charge in [0.2, 0.25) is 0 Å². The van der Waals surface area contributed by atoms with Crippen LogP contribution in [0.1, 0.15) is 32.6 Å². The molecule has 0 aromatic carbocycles. The Bertz CT molecular complexity index is 334. The summed E-state index contributed by atoms with van der Waals surface area (Å²) in [7, 11) is -2.95.